The molecule has 7 heteroatoms. The molecule has 3 aromatic carbocycles. The van der Waals surface area contributed by atoms with Crippen LogP contribution in [0.4, 0.5) is 0 Å². The number of unbranched alkanes of at least 4 members (excludes halogenated alkanes) is 10. The van der Waals surface area contributed by atoms with Crippen LogP contribution in [0.5, 0.6) is 11.5 Å². The summed E-state index contributed by atoms with van der Waals surface area (Å²) in [5.41, 5.74) is 7.06. The van der Waals surface area contributed by atoms with Crippen LogP contribution < -0.4 is 4.74 Å². The first-order valence-corrected chi connectivity index (χ1v) is 18.2. The molecule has 0 aliphatic carbocycles. The van der Waals surface area contributed by atoms with E-state index in [1.54, 1.807) is 12.1 Å². The zero-order valence-corrected chi connectivity index (χ0v) is 30.8. The van der Waals surface area contributed by atoms with Crippen LogP contribution in [0, 0.1) is 33.1 Å². The lowest BCUT2D eigenvalue weighted by Gasteiger charge is -2.14. The standard InChI is InChI=1S/C42H59N3O4/c1-7-8-9-10-11-12-13-14-15-16-17-24-48-28-35(46)29-49-36-20-23-39(40(47)27-36)42(44-34(6)37-21-18-30(2)25-32(37)4)45-41(43)38-22-19-31(3)26-33(38)5/h18-23,25-27,35,43,46-47H,7-17,24,28-29H2,1-6H3. The number of rotatable bonds is 20. The Morgan fingerprint density at radius 3 is 1.82 bits per heavy atom. The van der Waals surface area contributed by atoms with Crippen LogP contribution in [0.2, 0.25) is 0 Å². The first-order valence-electron chi connectivity index (χ1n) is 18.2. The van der Waals surface area contributed by atoms with Crippen LogP contribution in [0.3, 0.4) is 0 Å². The fourth-order valence-corrected chi connectivity index (χ4v) is 5.95. The summed E-state index contributed by atoms with van der Waals surface area (Å²) in [6, 6.07) is 16.9. The van der Waals surface area contributed by atoms with Gasteiger partial charge < -0.3 is 19.7 Å². The summed E-state index contributed by atoms with van der Waals surface area (Å²) in [6.45, 7) is 13.1. The van der Waals surface area contributed by atoms with Crippen LogP contribution in [0.1, 0.15) is 123 Å². The predicted molar refractivity (Wildman–Crippen MR) is 204 cm³/mol. The van der Waals surface area contributed by atoms with Crippen LogP contribution in [-0.2, 0) is 4.74 Å². The molecule has 0 heterocycles. The van der Waals surface area contributed by atoms with Crippen molar-refractivity contribution in [3.8, 4) is 11.5 Å². The van der Waals surface area contributed by atoms with Crippen molar-refractivity contribution in [2.24, 2.45) is 9.98 Å². The molecule has 3 N–H and O–H groups in total. The highest BCUT2D eigenvalue weighted by molar-refractivity contribution is 6.17. The highest BCUT2D eigenvalue weighted by Crippen LogP contribution is 2.26. The van der Waals surface area contributed by atoms with Crippen LogP contribution in [0.25, 0.3) is 0 Å². The number of amidine groups is 2. The van der Waals surface area contributed by atoms with Gasteiger partial charge in [-0.15, -0.1) is 0 Å². The van der Waals surface area contributed by atoms with Gasteiger partial charge in [-0.3, -0.25) is 5.41 Å². The second-order valence-corrected chi connectivity index (χ2v) is 13.4. The van der Waals surface area contributed by atoms with E-state index in [-0.39, 0.29) is 30.6 Å². The molecule has 0 saturated heterocycles. The fourth-order valence-electron chi connectivity index (χ4n) is 5.95. The Labute approximate surface area is 295 Å². The van der Waals surface area contributed by atoms with Crippen molar-refractivity contribution >= 4 is 17.4 Å². The van der Waals surface area contributed by atoms with Crippen molar-refractivity contribution < 1.29 is 19.7 Å². The molecule has 1 unspecified atom stereocenters. The Bertz CT molecular complexity index is 1540. The Hall–Kier alpha value is -3.81. The van der Waals surface area contributed by atoms with Crippen molar-refractivity contribution in [3.05, 3.63) is 93.5 Å². The van der Waals surface area contributed by atoms with Gasteiger partial charge in [0.25, 0.3) is 0 Å². The molecule has 0 aliphatic heterocycles. The van der Waals surface area contributed by atoms with E-state index in [2.05, 4.69) is 24.9 Å². The summed E-state index contributed by atoms with van der Waals surface area (Å²) in [5, 5.41) is 30.4. The summed E-state index contributed by atoms with van der Waals surface area (Å²) < 4.78 is 11.5. The van der Waals surface area contributed by atoms with Gasteiger partial charge in [-0.2, -0.15) is 0 Å². The van der Waals surface area contributed by atoms with Gasteiger partial charge in [0, 0.05) is 23.9 Å². The van der Waals surface area contributed by atoms with Crippen molar-refractivity contribution in [2.45, 2.75) is 118 Å². The summed E-state index contributed by atoms with van der Waals surface area (Å²) in [7, 11) is 0. The van der Waals surface area contributed by atoms with Crippen molar-refractivity contribution in [2.75, 3.05) is 19.8 Å². The number of phenols is 1. The first-order chi connectivity index (χ1) is 23.6. The molecule has 0 radical (unpaired) electrons. The number of aliphatic hydroxyl groups is 1. The van der Waals surface area contributed by atoms with E-state index in [9.17, 15) is 10.2 Å². The highest BCUT2D eigenvalue weighted by Gasteiger charge is 2.15. The number of aliphatic hydroxyl groups excluding tert-OH is 1. The topological polar surface area (TPSA) is 107 Å². The van der Waals surface area contributed by atoms with Crippen molar-refractivity contribution in [3.63, 3.8) is 0 Å². The molecule has 0 spiro atoms. The van der Waals surface area contributed by atoms with Gasteiger partial charge >= 0.3 is 0 Å². The van der Waals surface area contributed by atoms with E-state index in [4.69, 9.17) is 19.9 Å². The minimum atomic E-state index is -0.783. The van der Waals surface area contributed by atoms with E-state index >= 15 is 0 Å². The number of hydrogen-bond acceptors (Lipinski definition) is 5. The summed E-state index contributed by atoms with van der Waals surface area (Å²) in [5.74, 6) is 0.608. The van der Waals surface area contributed by atoms with Gasteiger partial charge in [-0.05, 0) is 69.9 Å². The summed E-state index contributed by atoms with van der Waals surface area (Å²) >= 11 is 0. The lowest BCUT2D eigenvalue weighted by atomic mass is 10.0. The van der Waals surface area contributed by atoms with Crippen LogP contribution >= 0.6 is 0 Å². The second kappa shape index (κ2) is 21.3. The van der Waals surface area contributed by atoms with E-state index in [1.807, 2.05) is 58.0 Å². The molecule has 7 nitrogen and oxygen atoms in total. The van der Waals surface area contributed by atoms with Gasteiger partial charge in [-0.25, -0.2) is 9.98 Å². The molecule has 49 heavy (non-hydrogen) atoms. The third kappa shape index (κ3) is 13.9. The monoisotopic (exact) mass is 669 g/mol. The van der Waals surface area contributed by atoms with Gasteiger partial charge in [-0.1, -0.05) is 119 Å². The van der Waals surface area contributed by atoms with Gasteiger partial charge in [0.05, 0.1) is 12.2 Å². The van der Waals surface area contributed by atoms with E-state index in [0.29, 0.717) is 23.5 Å². The van der Waals surface area contributed by atoms with E-state index in [1.165, 1.54) is 63.9 Å². The molecule has 1 atom stereocenters. The Morgan fingerprint density at radius 1 is 0.694 bits per heavy atom. The molecule has 0 saturated carbocycles. The number of hydrogen-bond donors (Lipinski definition) is 3. The number of aromatic hydroxyl groups is 1. The maximum atomic E-state index is 11.1. The predicted octanol–water partition coefficient (Wildman–Crippen LogP) is 9.97. The average Bonchev–Trinajstić information content (AvgIpc) is 3.05. The SMILES string of the molecule is CCCCCCCCCCCCCOCC(O)COc1ccc(C(N=C(C)c2ccc(C)cc2C)=NC(=N)c2ccc(C)cc2C)c(O)c1. The molecule has 3 rings (SSSR count). The van der Waals surface area contributed by atoms with Crippen molar-refractivity contribution in [1.29, 1.82) is 5.41 Å². The first kappa shape index (κ1) is 39.6. The number of benzene rings is 3. The number of nitrogens with one attached hydrogen (secondary N) is 1. The molecule has 0 bridgehead atoms. The maximum Gasteiger partial charge on any atom is 0.165 e. The van der Waals surface area contributed by atoms with Crippen LogP contribution in [-0.4, -0.2) is 53.5 Å². The summed E-state index contributed by atoms with van der Waals surface area (Å²) in [6.07, 6.45) is 13.3. The molecule has 0 fully saturated rings. The van der Waals surface area contributed by atoms with Crippen molar-refractivity contribution in [1.82, 2.24) is 0 Å². The zero-order chi connectivity index (χ0) is 35.6. The fraction of sp³-hybridized carbons (Fsp3) is 0.500. The molecular weight excluding hydrogens is 610 g/mol. The van der Waals surface area contributed by atoms with Gasteiger partial charge in [0.2, 0.25) is 0 Å². The Kier molecular flexibility index (Phi) is 17.2. The second-order valence-electron chi connectivity index (χ2n) is 13.4. The van der Waals surface area contributed by atoms with E-state index in [0.717, 1.165) is 46.4 Å². The summed E-state index contributed by atoms with van der Waals surface area (Å²) in [4.78, 5) is 9.46. The number of nitrogens with zero attached hydrogens (tertiary/aromatic N) is 2. The highest BCUT2D eigenvalue weighted by atomic mass is 16.5. The maximum absolute atomic E-state index is 11.1. The lowest BCUT2D eigenvalue weighted by Crippen LogP contribution is -2.23. The molecule has 0 aliphatic rings. The smallest absolute Gasteiger partial charge is 0.165 e. The molecule has 3 aromatic rings. The zero-order valence-electron chi connectivity index (χ0n) is 30.8. The van der Waals surface area contributed by atoms with Crippen LogP contribution in [0.15, 0.2) is 64.6 Å². The normalized spacial score (nSPS) is 12.7. The molecule has 0 aromatic heterocycles. The Morgan fingerprint density at radius 2 is 1.24 bits per heavy atom. The minimum Gasteiger partial charge on any atom is -0.507 e. The quantitative estimate of drug-likeness (QED) is 0.0632. The minimum absolute atomic E-state index is 0.0410. The van der Waals surface area contributed by atoms with E-state index < -0.39 is 6.10 Å². The van der Waals surface area contributed by atoms with Gasteiger partial charge in [0.1, 0.15) is 24.2 Å². The molecular formula is C42H59N3O4. The number of phenolic OH excluding ortho intramolecular Hbond substituents is 1. The van der Waals surface area contributed by atoms with Gasteiger partial charge in [0.15, 0.2) is 11.7 Å². The third-order valence-corrected chi connectivity index (χ3v) is 8.75. The molecule has 266 valence electrons. The number of ether oxygens (including phenoxy) is 2. The average molecular weight is 670 g/mol. The number of aliphatic imine (C=N–C) groups is 2. The lowest BCUT2D eigenvalue weighted by molar-refractivity contribution is 0.0109. The number of aryl methyl sites for hydroxylation is 4. The Balaban J connectivity index is 1.57. The third-order valence-electron chi connectivity index (χ3n) is 8.75. The largest absolute Gasteiger partial charge is 0.507 e. The molecule has 0 amide bonds.